The molecule has 0 bridgehead atoms. The summed E-state index contributed by atoms with van der Waals surface area (Å²) in [4.78, 5) is 39.0. The predicted molar refractivity (Wildman–Crippen MR) is 147 cm³/mol. The number of hydrogen-bond donors (Lipinski definition) is 5. The van der Waals surface area contributed by atoms with E-state index in [0.717, 1.165) is 27.7 Å². The number of rotatable bonds is 7. The second-order valence-electron chi connectivity index (χ2n) is 9.58. The largest absolute Gasteiger partial charge is 0.392 e. The lowest BCUT2D eigenvalue weighted by molar-refractivity contribution is -0.743. The topological polar surface area (TPSA) is 136 Å². The number of aromatic nitrogens is 1. The Bertz CT molecular complexity index is 1320. The first-order chi connectivity index (χ1) is 18.9. The summed E-state index contributed by atoms with van der Waals surface area (Å²) in [6, 6.07) is 8.91. The van der Waals surface area contributed by atoms with Crippen molar-refractivity contribution < 1.29 is 24.3 Å². The van der Waals surface area contributed by atoms with Crippen molar-refractivity contribution in [2.45, 2.75) is 20.0 Å². The Balaban J connectivity index is 1.33. The number of aliphatic imine (C=N–C) groups is 1. The van der Waals surface area contributed by atoms with E-state index in [-0.39, 0.29) is 18.5 Å². The number of nitrogens with one attached hydrogen (secondary N) is 4. The summed E-state index contributed by atoms with van der Waals surface area (Å²) in [6.45, 7) is 6.59. The van der Waals surface area contributed by atoms with Gasteiger partial charge < -0.3 is 30.7 Å². The van der Waals surface area contributed by atoms with Crippen molar-refractivity contribution >= 4 is 35.0 Å². The van der Waals surface area contributed by atoms with Gasteiger partial charge in [0.15, 0.2) is 6.67 Å². The number of aliphatic hydroxyl groups is 1. The lowest BCUT2D eigenvalue weighted by Gasteiger charge is -2.31. The molecule has 2 aromatic rings. The maximum atomic E-state index is 12.8. The van der Waals surface area contributed by atoms with Gasteiger partial charge in [0, 0.05) is 37.7 Å². The van der Waals surface area contributed by atoms with Crippen LogP contribution >= 0.6 is 0 Å². The van der Waals surface area contributed by atoms with E-state index in [4.69, 9.17) is 4.74 Å². The van der Waals surface area contributed by atoms with Crippen molar-refractivity contribution in [3.05, 3.63) is 72.0 Å². The van der Waals surface area contributed by atoms with Gasteiger partial charge in [-0.05, 0) is 43.7 Å². The molecule has 3 aliphatic heterocycles. The van der Waals surface area contributed by atoms with Crippen LogP contribution in [-0.2, 0) is 4.74 Å². The average molecular weight is 534 g/mol. The van der Waals surface area contributed by atoms with E-state index in [9.17, 15) is 14.7 Å². The van der Waals surface area contributed by atoms with E-state index in [1.807, 2.05) is 37.5 Å². The highest BCUT2D eigenvalue weighted by Crippen LogP contribution is 2.28. The van der Waals surface area contributed by atoms with Crippen molar-refractivity contribution in [3.63, 3.8) is 0 Å². The summed E-state index contributed by atoms with van der Waals surface area (Å²) in [5, 5.41) is 18.3. The zero-order chi connectivity index (χ0) is 27.4. The molecule has 1 unspecified atom stereocenters. The number of amidine groups is 1. The molecule has 0 aliphatic carbocycles. The minimum atomic E-state index is -0.629. The first-order valence-electron chi connectivity index (χ1n) is 12.9. The molecule has 0 saturated carbocycles. The van der Waals surface area contributed by atoms with E-state index < -0.39 is 6.10 Å². The summed E-state index contributed by atoms with van der Waals surface area (Å²) in [7, 11) is 0. The number of aliphatic hydroxyl groups excluding tert-OH is 1. The highest BCUT2D eigenvalue weighted by atomic mass is 16.5. The molecular weight excluding hydrogens is 500 g/mol. The second kappa shape index (κ2) is 11.6. The number of carbonyl (C=O) groups is 2. The smallest absolute Gasteiger partial charge is 0.319 e. The molecule has 1 aromatic carbocycles. The number of hydrogen-bond acceptors (Lipinski definition) is 8. The lowest BCUT2D eigenvalue weighted by atomic mass is 10.1. The predicted octanol–water partition coefficient (Wildman–Crippen LogP) is 0.864. The lowest BCUT2D eigenvalue weighted by Crippen LogP contribution is -3.12. The average Bonchev–Trinajstić information content (AvgIpc) is 3.43. The van der Waals surface area contributed by atoms with Crippen molar-refractivity contribution in [3.8, 4) is 0 Å². The van der Waals surface area contributed by atoms with Crippen molar-refractivity contribution in [2.24, 2.45) is 4.99 Å². The van der Waals surface area contributed by atoms with E-state index >= 15 is 0 Å². The molecule has 0 spiro atoms. The molecule has 3 amide bonds. The number of benzene rings is 1. The number of fused-ring (bicyclic) bond motifs is 1. The molecule has 1 aromatic heterocycles. The van der Waals surface area contributed by atoms with E-state index in [1.54, 1.807) is 36.4 Å². The van der Waals surface area contributed by atoms with Crippen LogP contribution in [0.4, 0.5) is 22.0 Å². The molecular formula is C27H33N8O4+. The van der Waals surface area contributed by atoms with Crippen molar-refractivity contribution in [2.75, 3.05) is 55.1 Å². The van der Waals surface area contributed by atoms with Gasteiger partial charge in [-0.2, -0.15) is 4.99 Å². The minimum Gasteiger partial charge on any atom is -0.392 e. The van der Waals surface area contributed by atoms with Crippen LogP contribution in [-0.4, -0.2) is 78.4 Å². The van der Waals surface area contributed by atoms with E-state index in [0.29, 0.717) is 50.0 Å². The molecule has 12 heteroatoms. The molecule has 4 heterocycles. The fraction of sp³-hybridized carbons (Fsp3) is 0.333. The van der Waals surface area contributed by atoms with Gasteiger partial charge in [0.25, 0.3) is 11.7 Å². The van der Waals surface area contributed by atoms with Gasteiger partial charge in [-0.3, -0.25) is 9.69 Å². The Morgan fingerprint density at radius 2 is 2.03 bits per heavy atom. The quantitative estimate of drug-likeness (QED) is 0.356. The number of pyridine rings is 1. The molecule has 1 fully saturated rings. The van der Waals surface area contributed by atoms with Crippen molar-refractivity contribution in [1.29, 1.82) is 0 Å². The number of nitrogens with zero attached hydrogens (tertiary/aromatic N) is 4. The SMILES string of the molecule is Cc1c(NC(=O)NC[C@H](C)O)cccc1N1C=C(Nc2ccc(C(=O)N3CCOCC3)cn2)C2=NC=C[NH+]2C1. The Hall–Kier alpha value is -4.26. The Morgan fingerprint density at radius 3 is 2.77 bits per heavy atom. The Morgan fingerprint density at radius 1 is 1.21 bits per heavy atom. The molecule has 39 heavy (non-hydrogen) atoms. The number of amides is 3. The molecule has 5 rings (SSSR count). The third-order valence-corrected chi connectivity index (χ3v) is 6.66. The summed E-state index contributed by atoms with van der Waals surface area (Å²) in [5.41, 5.74) is 3.80. The van der Waals surface area contributed by atoms with E-state index in [2.05, 4.69) is 30.8 Å². The summed E-state index contributed by atoms with van der Waals surface area (Å²) < 4.78 is 5.34. The van der Waals surface area contributed by atoms with Crippen LogP contribution in [0, 0.1) is 6.92 Å². The monoisotopic (exact) mass is 533 g/mol. The van der Waals surface area contributed by atoms with Crippen LogP contribution < -0.4 is 25.8 Å². The van der Waals surface area contributed by atoms with Crippen LogP contribution in [0.15, 0.2) is 65.8 Å². The highest BCUT2D eigenvalue weighted by Gasteiger charge is 2.32. The van der Waals surface area contributed by atoms with Crippen LogP contribution in [0.2, 0.25) is 0 Å². The summed E-state index contributed by atoms with van der Waals surface area (Å²) >= 11 is 0. The number of carbonyl (C=O) groups excluding carboxylic acids is 2. The molecule has 2 atom stereocenters. The maximum absolute atomic E-state index is 12.8. The van der Waals surface area contributed by atoms with Gasteiger partial charge in [-0.1, -0.05) is 6.07 Å². The zero-order valence-electron chi connectivity index (χ0n) is 22.0. The van der Waals surface area contributed by atoms with Crippen LogP contribution in [0.3, 0.4) is 0 Å². The number of anilines is 3. The fourth-order valence-corrected chi connectivity index (χ4v) is 4.58. The maximum Gasteiger partial charge on any atom is 0.319 e. The molecule has 5 N–H and O–H groups in total. The molecule has 12 nitrogen and oxygen atoms in total. The number of urea groups is 1. The summed E-state index contributed by atoms with van der Waals surface area (Å²) in [5.74, 6) is 1.38. The first-order valence-corrected chi connectivity index (χ1v) is 12.9. The minimum absolute atomic E-state index is 0.0519. The number of ether oxygens (including phenoxy) is 1. The second-order valence-corrected chi connectivity index (χ2v) is 9.58. The van der Waals surface area contributed by atoms with Gasteiger partial charge >= 0.3 is 6.03 Å². The Kier molecular flexibility index (Phi) is 7.87. The first kappa shape index (κ1) is 26.4. The molecule has 3 aliphatic rings. The molecule has 1 saturated heterocycles. The molecule has 0 radical (unpaired) electrons. The van der Waals surface area contributed by atoms with Gasteiger partial charge in [0.2, 0.25) is 0 Å². The van der Waals surface area contributed by atoms with Crippen LogP contribution in [0.1, 0.15) is 22.8 Å². The van der Waals surface area contributed by atoms with Gasteiger partial charge in [0.1, 0.15) is 17.7 Å². The third kappa shape index (κ3) is 6.08. The highest BCUT2D eigenvalue weighted by molar-refractivity contribution is 5.98. The van der Waals surface area contributed by atoms with Crippen molar-refractivity contribution in [1.82, 2.24) is 15.2 Å². The summed E-state index contributed by atoms with van der Waals surface area (Å²) in [6.07, 6.45) is 6.69. The standard InChI is InChI=1S/C27H32N8O4/c1-18(36)14-30-27(38)32-21-4-3-5-23(19(21)2)35-16-22(25-28-8-9-34(25)17-35)31-24-7-6-20(15-29-24)26(37)33-10-12-39-13-11-33/h3-9,15-16,18,36H,10-14,17H2,1-2H3,(H,29,31)(H2,30,32,38)/p+1/t18-/m0/s1. The van der Waals surface area contributed by atoms with Crippen LogP contribution in [0.25, 0.3) is 0 Å². The third-order valence-electron chi connectivity index (χ3n) is 6.66. The number of morpholine rings is 1. The van der Waals surface area contributed by atoms with Crippen LogP contribution in [0.5, 0.6) is 0 Å². The zero-order valence-corrected chi connectivity index (χ0v) is 22.0. The normalized spacial score (nSPS) is 19.1. The molecule has 204 valence electrons. The number of quaternary nitrogens is 1. The fourth-order valence-electron chi connectivity index (χ4n) is 4.58. The van der Waals surface area contributed by atoms with Gasteiger partial charge in [-0.15, -0.1) is 0 Å². The van der Waals surface area contributed by atoms with Gasteiger partial charge in [0.05, 0.1) is 36.8 Å². The Labute approximate surface area is 226 Å². The van der Waals surface area contributed by atoms with E-state index in [1.165, 1.54) is 0 Å². The van der Waals surface area contributed by atoms with Gasteiger partial charge in [-0.25, -0.2) is 14.7 Å².